The first-order valence-electron chi connectivity index (χ1n) is 10.2. The average molecular weight is 469 g/mol. The number of alkyl halides is 3. The molecule has 3 heterocycles. The minimum absolute atomic E-state index is 0.112. The van der Waals surface area contributed by atoms with Crippen LogP contribution < -0.4 is 4.74 Å². The zero-order chi connectivity index (χ0) is 22.9. The molecule has 0 unspecified atom stereocenters. The Morgan fingerprint density at radius 1 is 1.03 bits per heavy atom. The summed E-state index contributed by atoms with van der Waals surface area (Å²) in [5.74, 6) is -0.854. The van der Waals surface area contributed by atoms with Crippen LogP contribution in [0.5, 0.6) is 5.88 Å². The molecule has 11 heteroatoms. The van der Waals surface area contributed by atoms with Gasteiger partial charge in [-0.2, -0.15) is 17.5 Å². The minimum Gasteiger partial charge on any atom is -0.470 e. The van der Waals surface area contributed by atoms with E-state index in [0.29, 0.717) is 18.7 Å². The van der Waals surface area contributed by atoms with Crippen LogP contribution in [0.15, 0.2) is 47.5 Å². The van der Waals surface area contributed by atoms with Crippen LogP contribution in [0.2, 0.25) is 0 Å². The second-order valence-corrected chi connectivity index (χ2v) is 9.73. The lowest BCUT2D eigenvalue weighted by Crippen LogP contribution is -2.56. The lowest BCUT2D eigenvalue weighted by molar-refractivity contribution is -0.140. The third-order valence-electron chi connectivity index (χ3n) is 5.54. The summed E-state index contributed by atoms with van der Waals surface area (Å²) in [7, 11) is -3.59. The number of ether oxygens (including phenoxy) is 1. The van der Waals surface area contributed by atoms with Gasteiger partial charge in [0.2, 0.25) is 15.9 Å². The highest BCUT2D eigenvalue weighted by atomic mass is 32.2. The molecule has 0 radical (unpaired) electrons. The third kappa shape index (κ3) is 4.58. The van der Waals surface area contributed by atoms with Gasteiger partial charge in [-0.3, -0.25) is 4.79 Å². The topological polar surface area (TPSA) is 79.8 Å². The molecule has 2 saturated heterocycles. The fourth-order valence-corrected chi connectivity index (χ4v) is 5.26. The summed E-state index contributed by atoms with van der Waals surface area (Å²) < 4.78 is 71.4. The Bertz CT molecular complexity index is 1080. The summed E-state index contributed by atoms with van der Waals surface area (Å²) in [6, 6.07) is 7.80. The number of hydrogen-bond donors (Lipinski definition) is 0. The van der Waals surface area contributed by atoms with Gasteiger partial charge in [0, 0.05) is 24.8 Å². The molecule has 4 rings (SSSR count). The predicted octanol–water partition coefficient (Wildman–Crippen LogP) is 3.18. The van der Waals surface area contributed by atoms with Gasteiger partial charge in [-0.05, 0) is 49.2 Å². The van der Waals surface area contributed by atoms with Gasteiger partial charge in [0.15, 0.2) is 0 Å². The maximum absolute atomic E-state index is 13.1. The van der Waals surface area contributed by atoms with E-state index in [1.54, 1.807) is 0 Å². The standard InChI is InChI=1S/C21H22F3N3O4S/c22-21(23,24)18-5-4-10-25-19(18)31-16-13-26(14-16)20(28)15-6-8-17(9-7-15)32(29,30)27-11-2-1-3-12-27/h4-10,16H,1-3,11-14H2. The molecule has 32 heavy (non-hydrogen) atoms. The average Bonchev–Trinajstić information content (AvgIpc) is 2.76. The van der Waals surface area contributed by atoms with Crippen LogP contribution in [0.3, 0.4) is 0 Å². The first-order valence-corrected chi connectivity index (χ1v) is 11.7. The Hall–Kier alpha value is -2.66. The summed E-state index contributed by atoms with van der Waals surface area (Å²) >= 11 is 0. The van der Waals surface area contributed by atoms with Crippen molar-refractivity contribution in [1.82, 2.24) is 14.2 Å². The van der Waals surface area contributed by atoms with E-state index in [1.165, 1.54) is 45.7 Å². The number of aromatic nitrogens is 1. The van der Waals surface area contributed by atoms with Crippen molar-refractivity contribution < 1.29 is 31.1 Å². The molecular weight excluding hydrogens is 447 g/mol. The van der Waals surface area contributed by atoms with Crippen molar-refractivity contribution >= 4 is 15.9 Å². The number of benzene rings is 1. The summed E-state index contributed by atoms with van der Waals surface area (Å²) in [5.41, 5.74) is -0.662. The van der Waals surface area contributed by atoms with E-state index in [9.17, 15) is 26.4 Å². The highest BCUT2D eigenvalue weighted by Gasteiger charge is 2.38. The van der Waals surface area contributed by atoms with Crippen LogP contribution in [0.25, 0.3) is 0 Å². The molecule has 0 bridgehead atoms. The molecule has 2 aliphatic rings. The normalized spacial score (nSPS) is 18.3. The van der Waals surface area contributed by atoms with Crippen LogP contribution in [0.4, 0.5) is 13.2 Å². The molecule has 2 fully saturated rings. The van der Waals surface area contributed by atoms with E-state index in [0.717, 1.165) is 25.3 Å². The Morgan fingerprint density at radius 3 is 2.31 bits per heavy atom. The number of carbonyl (C=O) groups excluding carboxylic acids is 1. The van der Waals surface area contributed by atoms with Crippen molar-refractivity contribution in [2.75, 3.05) is 26.2 Å². The fourth-order valence-electron chi connectivity index (χ4n) is 3.74. The Morgan fingerprint density at radius 2 is 1.69 bits per heavy atom. The van der Waals surface area contributed by atoms with E-state index in [1.807, 2.05) is 0 Å². The van der Waals surface area contributed by atoms with Crippen LogP contribution in [0.1, 0.15) is 35.2 Å². The smallest absolute Gasteiger partial charge is 0.421 e. The number of rotatable bonds is 5. The highest BCUT2D eigenvalue weighted by Crippen LogP contribution is 2.35. The zero-order valence-corrected chi connectivity index (χ0v) is 17.9. The first kappa shape index (κ1) is 22.5. The number of hydrogen-bond acceptors (Lipinski definition) is 5. The van der Waals surface area contributed by atoms with Gasteiger partial charge in [-0.25, -0.2) is 13.4 Å². The number of nitrogens with zero attached hydrogens (tertiary/aromatic N) is 3. The van der Waals surface area contributed by atoms with Gasteiger partial charge in [0.25, 0.3) is 5.91 Å². The lowest BCUT2D eigenvalue weighted by Gasteiger charge is -2.39. The maximum atomic E-state index is 13.1. The molecule has 172 valence electrons. The number of pyridine rings is 1. The number of amides is 1. The molecule has 2 aromatic rings. The van der Waals surface area contributed by atoms with E-state index >= 15 is 0 Å². The predicted molar refractivity (Wildman–Crippen MR) is 109 cm³/mol. The molecule has 0 saturated carbocycles. The summed E-state index contributed by atoms with van der Waals surface area (Å²) in [4.78, 5) is 17.8. The SMILES string of the molecule is O=C(c1ccc(S(=O)(=O)N2CCCCC2)cc1)N1CC(Oc2ncccc2C(F)(F)F)C1. The van der Waals surface area contributed by atoms with Crippen molar-refractivity contribution in [3.05, 3.63) is 53.7 Å². The largest absolute Gasteiger partial charge is 0.470 e. The van der Waals surface area contributed by atoms with E-state index in [4.69, 9.17) is 4.74 Å². The second kappa shape index (κ2) is 8.70. The Balaban J connectivity index is 1.37. The fraction of sp³-hybridized carbons (Fsp3) is 0.429. The van der Waals surface area contributed by atoms with Gasteiger partial charge in [0.05, 0.1) is 18.0 Å². The number of piperidine rings is 1. The van der Waals surface area contributed by atoms with Gasteiger partial charge in [-0.1, -0.05) is 6.42 Å². The Kier molecular flexibility index (Phi) is 6.13. The number of carbonyl (C=O) groups is 1. The van der Waals surface area contributed by atoms with E-state index in [-0.39, 0.29) is 23.9 Å². The molecular formula is C21H22F3N3O4S. The molecule has 1 aromatic carbocycles. The van der Waals surface area contributed by atoms with Crippen LogP contribution in [-0.2, 0) is 16.2 Å². The van der Waals surface area contributed by atoms with Crippen molar-refractivity contribution in [2.24, 2.45) is 0 Å². The molecule has 7 nitrogen and oxygen atoms in total. The minimum atomic E-state index is -4.58. The second-order valence-electron chi connectivity index (χ2n) is 7.79. The number of sulfonamides is 1. The molecule has 1 amide bonds. The molecule has 2 aliphatic heterocycles. The molecule has 1 aromatic heterocycles. The summed E-state index contributed by atoms with van der Waals surface area (Å²) in [6.07, 6.45) is -1.30. The van der Waals surface area contributed by atoms with Gasteiger partial charge in [0.1, 0.15) is 11.7 Å². The number of likely N-dealkylation sites (tertiary alicyclic amines) is 1. The van der Waals surface area contributed by atoms with Crippen LogP contribution >= 0.6 is 0 Å². The number of halogens is 3. The molecule has 0 aliphatic carbocycles. The van der Waals surface area contributed by atoms with E-state index in [2.05, 4.69) is 4.98 Å². The van der Waals surface area contributed by atoms with Crippen molar-refractivity contribution in [3.63, 3.8) is 0 Å². The van der Waals surface area contributed by atoms with Crippen LogP contribution in [-0.4, -0.2) is 60.8 Å². The third-order valence-corrected chi connectivity index (χ3v) is 7.46. The van der Waals surface area contributed by atoms with E-state index < -0.39 is 33.7 Å². The lowest BCUT2D eigenvalue weighted by atomic mass is 10.1. The zero-order valence-electron chi connectivity index (χ0n) is 17.1. The van der Waals surface area contributed by atoms with Crippen molar-refractivity contribution in [3.8, 4) is 5.88 Å². The monoisotopic (exact) mass is 469 g/mol. The van der Waals surface area contributed by atoms with Gasteiger partial charge in [-0.15, -0.1) is 0 Å². The van der Waals surface area contributed by atoms with Crippen molar-refractivity contribution in [2.45, 2.75) is 36.4 Å². The summed E-state index contributed by atoms with van der Waals surface area (Å²) in [6.45, 7) is 1.20. The Labute approximate surface area is 183 Å². The molecule has 0 spiro atoms. The molecule has 0 N–H and O–H groups in total. The van der Waals surface area contributed by atoms with Gasteiger partial charge >= 0.3 is 6.18 Å². The summed E-state index contributed by atoms with van der Waals surface area (Å²) in [5, 5.41) is 0. The van der Waals surface area contributed by atoms with Crippen LogP contribution in [0, 0.1) is 0 Å². The molecule has 0 atom stereocenters. The van der Waals surface area contributed by atoms with Crippen molar-refractivity contribution in [1.29, 1.82) is 0 Å². The highest BCUT2D eigenvalue weighted by molar-refractivity contribution is 7.89. The van der Waals surface area contributed by atoms with Gasteiger partial charge < -0.3 is 9.64 Å². The maximum Gasteiger partial charge on any atom is 0.421 e. The quantitative estimate of drug-likeness (QED) is 0.672. The first-order chi connectivity index (χ1) is 15.2.